The van der Waals surface area contributed by atoms with Crippen molar-refractivity contribution in [2.45, 2.75) is 20.4 Å². The van der Waals surface area contributed by atoms with E-state index in [1.807, 2.05) is 12.4 Å². The fourth-order valence-electron chi connectivity index (χ4n) is 1.34. The van der Waals surface area contributed by atoms with Crippen LogP contribution in [0.15, 0.2) is 16.4 Å². The molecule has 0 aliphatic carbocycles. The van der Waals surface area contributed by atoms with Crippen LogP contribution in [-0.2, 0) is 6.54 Å². The summed E-state index contributed by atoms with van der Waals surface area (Å²) in [6, 6.07) is 1.45. The number of rotatable bonds is 3. The molecule has 16 heavy (non-hydrogen) atoms. The highest BCUT2D eigenvalue weighted by Gasteiger charge is 2.02. The molecule has 0 bridgehead atoms. The fraction of sp³-hybridized carbons (Fsp3) is 0.300. The Bertz CT molecular complexity index is 546. The Morgan fingerprint density at radius 3 is 2.94 bits per heavy atom. The minimum Gasteiger partial charge on any atom is -0.365 e. The first-order valence-electron chi connectivity index (χ1n) is 4.86. The lowest BCUT2D eigenvalue weighted by Crippen LogP contribution is -2.11. The SMILES string of the molecule is Cc1nc(NCc2scnc2C)cc(=O)[nH]1. The van der Waals surface area contributed by atoms with E-state index >= 15 is 0 Å². The van der Waals surface area contributed by atoms with E-state index in [1.54, 1.807) is 18.3 Å². The van der Waals surface area contributed by atoms with Gasteiger partial charge in [0.25, 0.3) is 5.56 Å². The van der Waals surface area contributed by atoms with Gasteiger partial charge in [0.1, 0.15) is 11.6 Å². The average molecular weight is 236 g/mol. The highest BCUT2D eigenvalue weighted by Crippen LogP contribution is 2.13. The molecule has 0 saturated carbocycles. The normalized spacial score (nSPS) is 10.4. The summed E-state index contributed by atoms with van der Waals surface area (Å²) in [5.74, 6) is 1.20. The number of nitrogens with zero attached hydrogens (tertiary/aromatic N) is 2. The third-order valence-electron chi connectivity index (χ3n) is 2.13. The second kappa shape index (κ2) is 4.44. The van der Waals surface area contributed by atoms with Crippen LogP contribution in [0.2, 0.25) is 0 Å². The van der Waals surface area contributed by atoms with Crippen molar-refractivity contribution < 1.29 is 0 Å². The van der Waals surface area contributed by atoms with Gasteiger partial charge < -0.3 is 10.3 Å². The molecule has 0 amide bonds. The molecule has 0 aromatic carbocycles. The summed E-state index contributed by atoms with van der Waals surface area (Å²) in [4.78, 5) is 23.3. The summed E-state index contributed by atoms with van der Waals surface area (Å²) in [6.07, 6.45) is 0. The predicted molar refractivity (Wildman–Crippen MR) is 63.8 cm³/mol. The standard InChI is InChI=1S/C10H12N4OS/c1-6-8(16-5-12-6)4-11-9-3-10(15)14-7(2)13-9/h3,5H,4H2,1-2H3,(H2,11,13,14,15). The molecule has 0 saturated heterocycles. The van der Waals surface area contributed by atoms with Gasteiger partial charge in [-0.05, 0) is 13.8 Å². The minimum absolute atomic E-state index is 0.143. The van der Waals surface area contributed by atoms with Crippen molar-refractivity contribution in [1.29, 1.82) is 0 Å². The number of hydrogen-bond acceptors (Lipinski definition) is 5. The molecule has 84 valence electrons. The summed E-state index contributed by atoms with van der Waals surface area (Å²) in [5.41, 5.74) is 2.68. The summed E-state index contributed by atoms with van der Waals surface area (Å²) in [5, 5.41) is 3.11. The lowest BCUT2D eigenvalue weighted by Gasteiger charge is -2.04. The Hall–Kier alpha value is -1.69. The van der Waals surface area contributed by atoms with Crippen molar-refractivity contribution >= 4 is 17.2 Å². The van der Waals surface area contributed by atoms with E-state index in [-0.39, 0.29) is 5.56 Å². The van der Waals surface area contributed by atoms with Crippen LogP contribution in [0.1, 0.15) is 16.4 Å². The van der Waals surface area contributed by atoms with Gasteiger partial charge in [-0.1, -0.05) is 0 Å². The largest absolute Gasteiger partial charge is 0.365 e. The van der Waals surface area contributed by atoms with Gasteiger partial charge in [-0.2, -0.15) is 0 Å². The molecule has 2 aromatic heterocycles. The number of anilines is 1. The summed E-state index contributed by atoms with van der Waals surface area (Å²) in [7, 11) is 0. The van der Waals surface area contributed by atoms with Crippen molar-refractivity contribution in [3.05, 3.63) is 38.3 Å². The first-order valence-corrected chi connectivity index (χ1v) is 5.74. The van der Waals surface area contributed by atoms with E-state index in [0.717, 1.165) is 10.6 Å². The summed E-state index contributed by atoms with van der Waals surface area (Å²) in [6.45, 7) is 4.36. The lowest BCUT2D eigenvalue weighted by atomic mass is 10.4. The Morgan fingerprint density at radius 1 is 1.50 bits per heavy atom. The average Bonchev–Trinajstić information content (AvgIpc) is 2.59. The van der Waals surface area contributed by atoms with Crippen molar-refractivity contribution in [3.63, 3.8) is 0 Å². The van der Waals surface area contributed by atoms with Crippen LogP contribution < -0.4 is 10.9 Å². The summed E-state index contributed by atoms with van der Waals surface area (Å²) < 4.78 is 0. The second-order valence-electron chi connectivity index (χ2n) is 3.43. The maximum Gasteiger partial charge on any atom is 0.252 e. The highest BCUT2D eigenvalue weighted by atomic mass is 32.1. The number of aryl methyl sites for hydroxylation is 2. The monoisotopic (exact) mass is 236 g/mol. The van der Waals surface area contributed by atoms with E-state index in [9.17, 15) is 4.79 Å². The molecule has 0 atom stereocenters. The predicted octanol–water partition coefficient (Wildman–Crippen LogP) is 1.46. The molecule has 0 aliphatic rings. The third-order valence-corrected chi connectivity index (χ3v) is 3.07. The quantitative estimate of drug-likeness (QED) is 0.846. The Morgan fingerprint density at radius 2 is 2.31 bits per heavy atom. The van der Waals surface area contributed by atoms with Gasteiger partial charge in [0.2, 0.25) is 0 Å². The molecule has 2 heterocycles. The maximum atomic E-state index is 11.2. The fourth-order valence-corrected chi connectivity index (χ4v) is 2.05. The van der Waals surface area contributed by atoms with Crippen LogP contribution in [0.3, 0.4) is 0 Å². The molecule has 0 radical (unpaired) electrons. The third kappa shape index (κ3) is 2.46. The van der Waals surface area contributed by atoms with E-state index < -0.39 is 0 Å². The maximum absolute atomic E-state index is 11.2. The van der Waals surface area contributed by atoms with Gasteiger partial charge in [-0.25, -0.2) is 9.97 Å². The zero-order valence-electron chi connectivity index (χ0n) is 9.07. The van der Waals surface area contributed by atoms with Crippen molar-refractivity contribution in [2.75, 3.05) is 5.32 Å². The van der Waals surface area contributed by atoms with Gasteiger partial charge in [0, 0.05) is 10.9 Å². The van der Waals surface area contributed by atoms with Crippen molar-refractivity contribution in [1.82, 2.24) is 15.0 Å². The number of hydrogen-bond donors (Lipinski definition) is 2. The molecule has 6 heteroatoms. The molecule has 2 aromatic rings. The van der Waals surface area contributed by atoms with E-state index in [2.05, 4.69) is 20.3 Å². The molecule has 2 N–H and O–H groups in total. The van der Waals surface area contributed by atoms with Crippen LogP contribution in [0.5, 0.6) is 0 Å². The van der Waals surface area contributed by atoms with Crippen LogP contribution in [-0.4, -0.2) is 15.0 Å². The zero-order valence-corrected chi connectivity index (χ0v) is 9.89. The molecular weight excluding hydrogens is 224 g/mol. The molecule has 2 rings (SSSR count). The lowest BCUT2D eigenvalue weighted by molar-refractivity contribution is 0.997. The molecule has 0 spiro atoms. The molecular formula is C10H12N4OS. The first-order chi connectivity index (χ1) is 7.65. The molecule has 0 unspecified atom stereocenters. The second-order valence-corrected chi connectivity index (χ2v) is 4.37. The number of aromatic amines is 1. The topological polar surface area (TPSA) is 70.7 Å². The van der Waals surface area contributed by atoms with E-state index in [0.29, 0.717) is 18.2 Å². The zero-order chi connectivity index (χ0) is 11.5. The van der Waals surface area contributed by atoms with Gasteiger partial charge in [-0.3, -0.25) is 4.79 Å². The Balaban J connectivity index is 2.10. The van der Waals surface area contributed by atoms with Gasteiger partial charge in [0.15, 0.2) is 0 Å². The smallest absolute Gasteiger partial charge is 0.252 e. The molecule has 5 nitrogen and oxygen atoms in total. The minimum atomic E-state index is -0.143. The summed E-state index contributed by atoms with van der Waals surface area (Å²) >= 11 is 1.59. The van der Waals surface area contributed by atoms with Gasteiger partial charge in [0.05, 0.1) is 17.7 Å². The number of thiazole rings is 1. The first kappa shape index (κ1) is 10.8. The number of nitrogens with one attached hydrogen (secondary N) is 2. The Kier molecular flexibility index (Phi) is 3.00. The van der Waals surface area contributed by atoms with Crippen molar-refractivity contribution in [3.8, 4) is 0 Å². The van der Waals surface area contributed by atoms with Crippen LogP contribution in [0, 0.1) is 13.8 Å². The van der Waals surface area contributed by atoms with Crippen LogP contribution >= 0.6 is 11.3 Å². The van der Waals surface area contributed by atoms with E-state index in [4.69, 9.17) is 0 Å². The molecule has 0 aliphatic heterocycles. The van der Waals surface area contributed by atoms with Gasteiger partial charge >= 0.3 is 0 Å². The van der Waals surface area contributed by atoms with Crippen LogP contribution in [0.25, 0.3) is 0 Å². The van der Waals surface area contributed by atoms with E-state index in [1.165, 1.54) is 6.07 Å². The number of aromatic nitrogens is 3. The number of H-pyrrole nitrogens is 1. The van der Waals surface area contributed by atoms with Gasteiger partial charge in [-0.15, -0.1) is 11.3 Å². The highest BCUT2D eigenvalue weighted by molar-refractivity contribution is 7.09. The Labute approximate surface area is 96.6 Å². The van der Waals surface area contributed by atoms with Crippen molar-refractivity contribution in [2.24, 2.45) is 0 Å². The van der Waals surface area contributed by atoms with Crippen LogP contribution in [0.4, 0.5) is 5.82 Å². The molecule has 0 fully saturated rings.